The molecule has 0 amide bonds. The second-order valence-electron chi connectivity index (χ2n) is 3.47. The van der Waals surface area contributed by atoms with Crippen LogP contribution in [0.3, 0.4) is 0 Å². The third-order valence-corrected chi connectivity index (χ3v) is 3.06. The van der Waals surface area contributed by atoms with Crippen LogP contribution in [0.4, 0.5) is 14.6 Å². The molecule has 0 radical (unpaired) electrons. The summed E-state index contributed by atoms with van der Waals surface area (Å²) in [6, 6.07) is 0.702. The number of hydrazine groups is 1. The normalized spacial score (nSPS) is 10.7. The standard InChI is InChI=1S/C10H10F2N4OS/c1-4-5(2)17-10(14-4)18-9-7(12)3-6(11)8(15-9)16-13/h3H,13H2,1-2H3,(H,15,16). The van der Waals surface area contributed by atoms with E-state index < -0.39 is 11.6 Å². The molecule has 0 aliphatic heterocycles. The van der Waals surface area contributed by atoms with Crippen LogP contribution in [0.15, 0.2) is 20.7 Å². The fourth-order valence-corrected chi connectivity index (χ4v) is 2.00. The monoisotopic (exact) mass is 272 g/mol. The highest BCUT2D eigenvalue weighted by Crippen LogP contribution is 2.30. The lowest BCUT2D eigenvalue weighted by atomic mass is 10.4. The number of rotatable bonds is 3. The Kier molecular flexibility index (Phi) is 3.48. The van der Waals surface area contributed by atoms with Crippen LogP contribution in [0.1, 0.15) is 11.5 Å². The highest BCUT2D eigenvalue weighted by Gasteiger charge is 2.15. The molecule has 0 spiro atoms. The molecule has 0 aliphatic rings. The molecule has 0 saturated heterocycles. The highest BCUT2D eigenvalue weighted by molar-refractivity contribution is 7.99. The van der Waals surface area contributed by atoms with Crippen molar-refractivity contribution in [3.8, 4) is 0 Å². The van der Waals surface area contributed by atoms with Crippen molar-refractivity contribution in [2.45, 2.75) is 24.1 Å². The van der Waals surface area contributed by atoms with Crippen LogP contribution in [0, 0.1) is 25.5 Å². The molecule has 3 N–H and O–H groups in total. The largest absolute Gasteiger partial charge is 0.436 e. The molecule has 2 heterocycles. The van der Waals surface area contributed by atoms with Gasteiger partial charge in [0.15, 0.2) is 17.5 Å². The van der Waals surface area contributed by atoms with E-state index in [-0.39, 0.29) is 16.1 Å². The van der Waals surface area contributed by atoms with E-state index in [1.807, 2.05) is 5.43 Å². The maximum atomic E-state index is 13.5. The Balaban J connectivity index is 2.33. The second kappa shape index (κ2) is 4.91. The van der Waals surface area contributed by atoms with E-state index in [4.69, 9.17) is 10.3 Å². The van der Waals surface area contributed by atoms with Gasteiger partial charge in [-0.05, 0) is 25.6 Å². The quantitative estimate of drug-likeness (QED) is 0.660. The predicted molar refractivity (Wildman–Crippen MR) is 62.1 cm³/mol. The second-order valence-corrected chi connectivity index (χ2v) is 4.41. The third kappa shape index (κ3) is 2.44. The number of aryl methyl sites for hydroxylation is 2. The number of pyridine rings is 1. The third-order valence-electron chi connectivity index (χ3n) is 2.23. The number of hydrogen-bond acceptors (Lipinski definition) is 6. The summed E-state index contributed by atoms with van der Waals surface area (Å²) in [6.07, 6.45) is 0. The summed E-state index contributed by atoms with van der Waals surface area (Å²) in [6.45, 7) is 3.51. The lowest BCUT2D eigenvalue weighted by Gasteiger charge is -2.04. The molecule has 0 aliphatic carbocycles. The summed E-state index contributed by atoms with van der Waals surface area (Å²) in [5.74, 6) is 3.80. The molecular weight excluding hydrogens is 262 g/mol. The van der Waals surface area contributed by atoms with E-state index >= 15 is 0 Å². The van der Waals surface area contributed by atoms with Crippen molar-refractivity contribution in [1.82, 2.24) is 9.97 Å². The zero-order chi connectivity index (χ0) is 13.3. The lowest BCUT2D eigenvalue weighted by molar-refractivity contribution is 0.430. The first-order valence-corrected chi connectivity index (χ1v) is 5.77. The molecule has 18 heavy (non-hydrogen) atoms. The minimum absolute atomic E-state index is 0.0643. The Morgan fingerprint density at radius 3 is 2.56 bits per heavy atom. The number of hydrogen-bond donors (Lipinski definition) is 2. The first kappa shape index (κ1) is 12.8. The average molecular weight is 272 g/mol. The number of anilines is 1. The maximum Gasteiger partial charge on any atom is 0.262 e. The van der Waals surface area contributed by atoms with E-state index in [9.17, 15) is 8.78 Å². The Morgan fingerprint density at radius 1 is 1.28 bits per heavy atom. The van der Waals surface area contributed by atoms with Crippen molar-refractivity contribution in [2.75, 3.05) is 5.43 Å². The van der Waals surface area contributed by atoms with Crippen LogP contribution in [0.5, 0.6) is 0 Å². The number of nitrogens with zero attached hydrogens (tertiary/aromatic N) is 2. The van der Waals surface area contributed by atoms with Gasteiger partial charge in [0.25, 0.3) is 5.22 Å². The SMILES string of the molecule is Cc1nc(Sc2nc(NN)c(F)cc2F)oc1C. The highest BCUT2D eigenvalue weighted by atomic mass is 32.2. The molecule has 0 atom stereocenters. The van der Waals surface area contributed by atoms with Crippen LogP contribution < -0.4 is 11.3 Å². The molecule has 2 aromatic heterocycles. The van der Waals surface area contributed by atoms with E-state index in [0.29, 0.717) is 17.5 Å². The van der Waals surface area contributed by atoms with E-state index in [1.165, 1.54) is 0 Å². The van der Waals surface area contributed by atoms with Crippen LogP contribution >= 0.6 is 11.8 Å². The molecule has 2 rings (SSSR count). The fourth-order valence-electron chi connectivity index (χ4n) is 1.19. The number of oxazole rings is 1. The lowest BCUT2D eigenvalue weighted by Crippen LogP contribution is -2.11. The molecule has 0 unspecified atom stereocenters. The van der Waals surface area contributed by atoms with Crippen molar-refractivity contribution in [3.05, 3.63) is 29.2 Å². The predicted octanol–water partition coefficient (Wildman–Crippen LogP) is 2.40. The number of halogens is 2. The molecule has 2 aromatic rings. The topological polar surface area (TPSA) is 77.0 Å². The molecule has 0 saturated carbocycles. The van der Waals surface area contributed by atoms with Crippen LogP contribution in [0.2, 0.25) is 0 Å². The van der Waals surface area contributed by atoms with Crippen molar-refractivity contribution in [3.63, 3.8) is 0 Å². The number of nitrogens with one attached hydrogen (secondary N) is 1. The van der Waals surface area contributed by atoms with E-state index in [0.717, 1.165) is 11.8 Å². The Hall–Kier alpha value is -1.67. The summed E-state index contributed by atoms with van der Waals surface area (Å²) in [7, 11) is 0. The zero-order valence-corrected chi connectivity index (χ0v) is 10.4. The van der Waals surface area contributed by atoms with Crippen molar-refractivity contribution < 1.29 is 13.2 Å². The summed E-state index contributed by atoms with van der Waals surface area (Å²) in [4.78, 5) is 7.77. The molecule has 0 bridgehead atoms. The van der Waals surface area contributed by atoms with Gasteiger partial charge in [-0.3, -0.25) is 0 Å². The molecule has 0 fully saturated rings. The van der Waals surface area contributed by atoms with Gasteiger partial charge in [-0.25, -0.2) is 24.6 Å². The van der Waals surface area contributed by atoms with Gasteiger partial charge in [-0.1, -0.05) is 0 Å². The van der Waals surface area contributed by atoms with Gasteiger partial charge in [0.05, 0.1) is 5.69 Å². The van der Waals surface area contributed by atoms with Crippen molar-refractivity contribution in [2.24, 2.45) is 5.84 Å². The maximum absolute atomic E-state index is 13.5. The van der Waals surface area contributed by atoms with E-state index in [2.05, 4.69) is 9.97 Å². The van der Waals surface area contributed by atoms with Gasteiger partial charge >= 0.3 is 0 Å². The first-order valence-electron chi connectivity index (χ1n) is 4.95. The van der Waals surface area contributed by atoms with Crippen molar-refractivity contribution in [1.29, 1.82) is 0 Å². The molecular formula is C10H10F2N4OS. The van der Waals surface area contributed by atoms with Gasteiger partial charge < -0.3 is 9.84 Å². The Morgan fingerprint density at radius 2 is 2.00 bits per heavy atom. The van der Waals surface area contributed by atoms with Gasteiger partial charge in [-0.2, -0.15) is 0 Å². The van der Waals surface area contributed by atoms with Gasteiger partial charge in [0.2, 0.25) is 0 Å². The molecule has 8 heteroatoms. The Bertz CT molecular complexity index is 568. The number of aromatic nitrogens is 2. The zero-order valence-electron chi connectivity index (χ0n) is 9.62. The van der Waals surface area contributed by atoms with Gasteiger partial charge in [0.1, 0.15) is 10.8 Å². The number of nitrogen functional groups attached to an aromatic ring is 1. The summed E-state index contributed by atoms with van der Waals surface area (Å²) >= 11 is 0.861. The van der Waals surface area contributed by atoms with Crippen LogP contribution in [-0.4, -0.2) is 9.97 Å². The number of nitrogens with two attached hydrogens (primary N) is 1. The van der Waals surface area contributed by atoms with Crippen LogP contribution in [-0.2, 0) is 0 Å². The average Bonchev–Trinajstić information content (AvgIpc) is 2.62. The first-order chi connectivity index (χ1) is 8.51. The van der Waals surface area contributed by atoms with Crippen molar-refractivity contribution >= 4 is 17.6 Å². The smallest absolute Gasteiger partial charge is 0.262 e. The summed E-state index contributed by atoms with van der Waals surface area (Å²) in [5, 5.41) is 0.177. The molecule has 5 nitrogen and oxygen atoms in total. The van der Waals surface area contributed by atoms with Gasteiger partial charge in [0, 0.05) is 6.07 Å². The Labute approximate surface area is 106 Å². The minimum Gasteiger partial charge on any atom is -0.436 e. The summed E-state index contributed by atoms with van der Waals surface area (Å²) in [5.41, 5.74) is 2.75. The fraction of sp³-hybridized carbons (Fsp3) is 0.200. The molecule has 0 aromatic carbocycles. The van der Waals surface area contributed by atoms with E-state index in [1.54, 1.807) is 13.8 Å². The minimum atomic E-state index is -0.862. The molecule has 96 valence electrons. The van der Waals surface area contributed by atoms with Crippen LogP contribution in [0.25, 0.3) is 0 Å². The van der Waals surface area contributed by atoms with Gasteiger partial charge in [-0.15, -0.1) is 0 Å². The summed E-state index contributed by atoms with van der Waals surface area (Å²) < 4.78 is 31.9.